The van der Waals surface area contributed by atoms with Gasteiger partial charge in [-0.05, 0) is 199 Å². The number of carbonyl (C=O) groups excluding carboxylic acids is 1. The van der Waals surface area contributed by atoms with Crippen LogP contribution in [0.15, 0.2) is 0 Å². The Morgan fingerprint density at radius 3 is 1.17 bits per heavy atom. The molecule has 1 aliphatic rings. The van der Waals surface area contributed by atoms with E-state index in [1.807, 2.05) is 118 Å². The first-order valence-corrected chi connectivity index (χ1v) is 31.2. The Hall–Kier alpha value is -0.855. The minimum Gasteiger partial charge on any atom is -0.379 e. The largest absolute Gasteiger partial charge is 0.379 e. The number of ether oxygens (including phenoxy) is 13. The highest BCUT2D eigenvalue weighted by Gasteiger charge is 2.31. The van der Waals surface area contributed by atoms with Crippen LogP contribution < -0.4 is 5.32 Å². The van der Waals surface area contributed by atoms with Crippen LogP contribution in [0, 0.1) is 0 Å². The molecule has 1 heterocycles. The summed E-state index contributed by atoms with van der Waals surface area (Å²) in [5.41, 5.74) is -0.349. The minimum absolute atomic E-state index is 0.0140. The lowest BCUT2D eigenvalue weighted by Gasteiger charge is -2.31. The van der Waals surface area contributed by atoms with Crippen molar-refractivity contribution in [3.05, 3.63) is 0 Å². The quantitative estimate of drug-likeness (QED) is 0.0582. The third kappa shape index (κ3) is 68.1. The molecule has 1 fully saturated rings. The fourth-order valence-electron chi connectivity index (χ4n) is 7.02. The summed E-state index contributed by atoms with van der Waals surface area (Å²) >= 11 is 0. The summed E-state index contributed by atoms with van der Waals surface area (Å²) < 4.78 is 72.2. The van der Waals surface area contributed by atoms with E-state index in [1.165, 1.54) is 6.42 Å². The monoisotopic (exact) mass is 1160 g/mol. The Morgan fingerprint density at radius 1 is 0.469 bits per heavy atom. The van der Waals surface area contributed by atoms with Crippen LogP contribution >= 0.6 is 0 Å². The van der Waals surface area contributed by atoms with Crippen molar-refractivity contribution in [2.45, 2.75) is 353 Å². The van der Waals surface area contributed by atoms with E-state index in [-0.39, 0.29) is 97.1 Å². The van der Waals surface area contributed by atoms with Crippen molar-refractivity contribution in [2.75, 3.05) is 52.9 Å². The maximum atomic E-state index is 11.2. The molecule has 0 aromatic carbocycles. The van der Waals surface area contributed by atoms with Gasteiger partial charge in [0.2, 0.25) is 5.91 Å². The topological polar surface area (TPSA) is 149 Å². The molecule has 0 aromatic heterocycles. The van der Waals surface area contributed by atoms with Crippen LogP contribution in [-0.4, -0.2) is 198 Å². The first-order valence-electron chi connectivity index (χ1n) is 31.2. The van der Waals surface area contributed by atoms with Gasteiger partial charge in [0, 0.05) is 6.61 Å². The second-order valence-electron chi connectivity index (χ2n) is 24.1. The lowest BCUT2D eigenvalue weighted by atomic mass is 9.88. The molecule has 0 aromatic rings. The molecule has 1 saturated heterocycles. The molecule has 81 heavy (non-hydrogen) atoms. The number of carbonyl (C=O) groups is 1. The zero-order valence-electron chi connectivity index (χ0n) is 57.7. The SMILES string of the molecule is CC(C)OC1COC[C@H]1OC(C)C.CCCC(CCOC(C)C)OC(C)C.CCCC(COC(C)C)OC(C)C.[B]CC(=O)NC(COC(C)C)COC(C)C.[B]CC(C)(COC(C)C)OC(C)C.[B]CC(COC(C)C)OC(C)C. The molecule has 18 heteroatoms. The fourth-order valence-corrected chi connectivity index (χ4v) is 7.02. The van der Waals surface area contributed by atoms with Gasteiger partial charge in [0.15, 0.2) is 0 Å². The highest BCUT2D eigenvalue weighted by Crippen LogP contribution is 2.19. The van der Waals surface area contributed by atoms with Gasteiger partial charge < -0.3 is 66.9 Å². The van der Waals surface area contributed by atoms with Crippen molar-refractivity contribution in [3.8, 4) is 0 Å². The average Bonchev–Trinajstić information content (AvgIpc) is 3.76. The van der Waals surface area contributed by atoms with E-state index in [4.69, 9.17) is 85.1 Å². The summed E-state index contributed by atoms with van der Waals surface area (Å²) in [5.74, 6) is -0.190. The Labute approximate surface area is 505 Å². The Morgan fingerprint density at radius 2 is 0.840 bits per heavy atom. The zero-order valence-corrected chi connectivity index (χ0v) is 57.7. The second kappa shape index (κ2) is 56.9. The van der Waals surface area contributed by atoms with Gasteiger partial charge in [-0.3, -0.25) is 4.79 Å². The van der Waals surface area contributed by atoms with Crippen molar-refractivity contribution in [3.63, 3.8) is 0 Å². The third-order valence-electron chi connectivity index (χ3n) is 10.4. The van der Waals surface area contributed by atoms with E-state index in [0.29, 0.717) is 82.8 Å². The van der Waals surface area contributed by atoms with E-state index < -0.39 is 0 Å². The van der Waals surface area contributed by atoms with Gasteiger partial charge in [-0.2, -0.15) is 0 Å². The van der Waals surface area contributed by atoms with Crippen LogP contribution in [0.5, 0.6) is 0 Å². The molecule has 0 spiro atoms. The van der Waals surface area contributed by atoms with Crippen molar-refractivity contribution in [2.24, 2.45) is 0 Å². The van der Waals surface area contributed by atoms with E-state index in [1.54, 1.807) is 0 Å². The first kappa shape index (κ1) is 88.9. The molecule has 15 nitrogen and oxygen atoms in total. The van der Waals surface area contributed by atoms with E-state index in [9.17, 15) is 4.79 Å². The van der Waals surface area contributed by atoms with Crippen LogP contribution in [0.3, 0.4) is 0 Å². The maximum Gasteiger partial charge on any atom is 0.211 e. The molecule has 1 N–H and O–H groups in total. The molecule has 482 valence electrons. The molecule has 6 radical (unpaired) electrons. The van der Waals surface area contributed by atoms with Gasteiger partial charge in [-0.25, -0.2) is 0 Å². The van der Waals surface area contributed by atoms with Crippen molar-refractivity contribution in [1.29, 1.82) is 0 Å². The summed E-state index contributed by atoms with van der Waals surface area (Å²) in [5, 5.41) is 2.76. The fraction of sp³-hybridized carbons (Fsp3) is 0.984. The highest BCUT2D eigenvalue weighted by molar-refractivity contribution is 6.19. The van der Waals surface area contributed by atoms with Crippen LogP contribution in [-0.2, 0) is 66.4 Å². The van der Waals surface area contributed by atoms with Gasteiger partial charge in [0.05, 0.1) is 173 Å². The zero-order chi connectivity index (χ0) is 63.7. The predicted molar refractivity (Wildman–Crippen MR) is 340 cm³/mol. The first-order chi connectivity index (χ1) is 37.6. The summed E-state index contributed by atoms with van der Waals surface area (Å²) in [6.45, 7) is 59.7. The van der Waals surface area contributed by atoms with Crippen molar-refractivity contribution >= 4 is 29.4 Å². The van der Waals surface area contributed by atoms with Gasteiger partial charge in [0.25, 0.3) is 0 Å². The van der Waals surface area contributed by atoms with Crippen LogP contribution in [0.1, 0.15) is 219 Å². The van der Waals surface area contributed by atoms with E-state index in [0.717, 1.165) is 38.9 Å². The summed E-state index contributed by atoms with van der Waals surface area (Å²) in [6.07, 6.45) is 10.3. The average molecular weight is 1160 g/mol. The normalized spacial score (nSPS) is 16.3. The molecule has 0 saturated carbocycles. The smallest absolute Gasteiger partial charge is 0.211 e. The lowest BCUT2D eigenvalue weighted by Crippen LogP contribution is -2.42. The van der Waals surface area contributed by atoms with Gasteiger partial charge in [0.1, 0.15) is 12.2 Å². The van der Waals surface area contributed by atoms with Gasteiger partial charge in [-0.15, -0.1) is 0 Å². The standard InChI is InChI=1S/C12H26O2.C11H22BNO3.C11H24O2.C10H21BO2.C10H20O3.C9H19BO2/c1-6-7-12(14-11(4)5)8-9-13-10(2)3;1-8(2)15-6-10(7-16-9(3)4)13-11(14)5-12;1-6-7-11(13-10(4)5)8-12-9(2)3;1-8(2)12-7-10(5,6-11)13-9(3)4;1-7(2)12-9-5-11-6-10(9)13-8(3)4;1-7(2)11-6-9(5-10)12-8(3)4/h10-12H,6-9H2,1-5H3;8-10H,5-7H2,1-4H3,(H,13,14);9-11H,6-8H2,1-5H3;8-9H,6-7H2,1-5H3;7-10H,5-6H2,1-4H3;7-9H,5-6H2,1-4H3/t;;;;9-,10?;/m....1./s1. The second-order valence-corrected chi connectivity index (χ2v) is 24.1. The Balaban J connectivity index is -0.000000286. The Kier molecular flexibility index (Phi) is 62.5. The third-order valence-corrected chi connectivity index (χ3v) is 10.4. The molecule has 5 unspecified atom stereocenters. The Bertz CT molecular complexity index is 1290. The van der Waals surface area contributed by atoms with E-state index >= 15 is 0 Å². The molecular formula is C63H132B3NO14. The highest BCUT2D eigenvalue weighted by atomic mass is 16.6. The lowest BCUT2D eigenvalue weighted by molar-refractivity contribution is -0.121. The van der Waals surface area contributed by atoms with Crippen LogP contribution in [0.25, 0.3) is 0 Å². The minimum atomic E-state index is -0.349. The van der Waals surface area contributed by atoms with Gasteiger partial charge >= 0.3 is 0 Å². The number of rotatable bonds is 39. The number of nitrogens with one attached hydrogen (secondary N) is 1. The van der Waals surface area contributed by atoms with Crippen LogP contribution in [0.2, 0.25) is 19.0 Å². The van der Waals surface area contributed by atoms with Gasteiger partial charge in [-0.1, -0.05) is 39.3 Å². The maximum absolute atomic E-state index is 11.2. The summed E-state index contributed by atoms with van der Waals surface area (Å²) in [7, 11) is 16.4. The molecule has 1 aliphatic heterocycles. The molecule has 0 bridgehead atoms. The number of amides is 1. The van der Waals surface area contributed by atoms with Crippen LogP contribution in [0.4, 0.5) is 0 Å². The molecule has 0 aliphatic carbocycles. The summed E-state index contributed by atoms with van der Waals surface area (Å²) in [6, 6.07) is -0.138. The molecular weight excluding hydrogens is 1030 g/mol. The predicted octanol–water partition coefficient (Wildman–Crippen LogP) is 12.9. The molecule has 1 rings (SSSR count). The van der Waals surface area contributed by atoms with Crippen molar-refractivity contribution in [1.82, 2.24) is 5.32 Å². The molecule has 1 amide bonds. The number of hydrogen-bond donors (Lipinski definition) is 1. The van der Waals surface area contributed by atoms with Crippen molar-refractivity contribution < 1.29 is 66.4 Å². The summed E-state index contributed by atoms with van der Waals surface area (Å²) in [4.78, 5) is 11.2. The van der Waals surface area contributed by atoms with E-state index in [2.05, 4.69) is 74.6 Å². The molecule has 6 atom stereocenters. The number of hydrogen-bond acceptors (Lipinski definition) is 14.